The van der Waals surface area contributed by atoms with Crippen molar-refractivity contribution in [1.29, 1.82) is 0 Å². The summed E-state index contributed by atoms with van der Waals surface area (Å²) >= 11 is 0. The molecule has 0 saturated heterocycles. The van der Waals surface area contributed by atoms with Gasteiger partial charge < -0.3 is 20.1 Å². The molecule has 0 aromatic heterocycles. The molecule has 0 radical (unpaired) electrons. The van der Waals surface area contributed by atoms with Crippen molar-refractivity contribution in [3.05, 3.63) is 59.4 Å². The highest BCUT2D eigenvalue weighted by atomic mass is 19.1. The average molecular weight is 419 g/mol. The number of carbonyl (C=O) groups is 2. The largest absolute Gasteiger partial charge is 0.483 e. The lowest BCUT2D eigenvalue weighted by Crippen LogP contribution is -2.41. The first kappa shape index (κ1) is 23.6. The number of likely N-dealkylation sites (N-methyl/N-ethyl adjacent to an activating group) is 1. The number of halogens is 1. The highest BCUT2D eigenvalue weighted by Crippen LogP contribution is 2.25. The summed E-state index contributed by atoms with van der Waals surface area (Å²) < 4.78 is 20.0. The van der Waals surface area contributed by atoms with E-state index in [0.717, 1.165) is 18.4 Å². The SMILES string of the molecule is CCCCN(C)C(=O)C1=C(OCC(=O)N[C@H](CO)Cc2ccccc2)C=CCC1F. The first-order valence-corrected chi connectivity index (χ1v) is 10.3. The minimum Gasteiger partial charge on any atom is -0.483 e. The van der Waals surface area contributed by atoms with E-state index in [0.29, 0.717) is 13.0 Å². The lowest BCUT2D eigenvalue weighted by molar-refractivity contribution is -0.128. The van der Waals surface area contributed by atoms with E-state index in [4.69, 9.17) is 4.74 Å². The molecule has 2 amide bonds. The normalized spacial score (nSPS) is 16.9. The number of allylic oxidation sites excluding steroid dienone is 2. The highest BCUT2D eigenvalue weighted by molar-refractivity contribution is 5.95. The molecular weight excluding hydrogens is 387 g/mol. The number of ether oxygens (including phenoxy) is 1. The van der Waals surface area contributed by atoms with Gasteiger partial charge in [-0.2, -0.15) is 0 Å². The van der Waals surface area contributed by atoms with Crippen molar-refractivity contribution in [3.63, 3.8) is 0 Å². The van der Waals surface area contributed by atoms with E-state index in [9.17, 15) is 19.1 Å². The van der Waals surface area contributed by atoms with Crippen molar-refractivity contribution in [3.8, 4) is 0 Å². The lowest BCUT2D eigenvalue weighted by Gasteiger charge is -2.24. The van der Waals surface area contributed by atoms with Crippen LogP contribution < -0.4 is 5.32 Å². The minimum atomic E-state index is -1.46. The number of aliphatic hydroxyl groups excluding tert-OH is 1. The third kappa shape index (κ3) is 6.99. The molecule has 7 heteroatoms. The van der Waals surface area contributed by atoms with Gasteiger partial charge in [-0.25, -0.2) is 4.39 Å². The summed E-state index contributed by atoms with van der Waals surface area (Å²) in [6.45, 7) is 1.96. The van der Waals surface area contributed by atoms with Crippen LogP contribution >= 0.6 is 0 Å². The van der Waals surface area contributed by atoms with E-state index in [2.05, 4.69) is 5.32 Å². The maximum atomic E-state index is 14.5. The van der Waals surface area contributed by atoms with Gasteiger partial charge in [0.2, 0.25) is 0 Å². The number of aliphatic hydroxyl groups is 1. The molecule has 2 rings (SSSR count). The minimum absolute atomic E-state index is 0.0492. The van der Waals surface area contributed by atoms with Crippen molar-refractivity contribution in [1.82, 2.24) is 10.2 Å². The second kappa shape index (κ2) is 12.1. The zero-order valence-electron chi connectivity index (χ0n) is 17.6. The Morgan fingerprint density at radius 2 is 2.07 bits per heavy atom. The molecule has 0 fully saturated rings. The number of alkyl halides is 1. The number of carbonyl (C=O) groups excluding carboxylic acids is 2. The smallest absolute Gasteiger partial charge is 0.258 e. The molecule has 1 aliphatic rings. The standard InChI is InChI=1S/C23H31FN2O4/c1-3-4-13-26(2)23(29)22-19(24)11-8-12-20(22)30-16-21(28)25-18(15-27)14-17-9-6-5-7-10-17/h5-10,12,18-19,27H,3-4,11,13-16H2,1-2H3,(H,25,28)/t18-,19?/m0/s1. The Kier molecular flexibility index (Phi) is 9.54. The number of hydrogen-bond donors (Lipinski definition) is 2. The number of nitrogens with one attached hydrogen (secondary N) is 1. The Hall–Kier alpha value is -2.67. The topological polar surface area (TPSA) is 78.9 Å². The van der Waals surface area contributed by atoms with Crippen molar-refractivity contribution < 1.29 is 23.8 Å². The van der Waals surface area contributed by atoms with Crippen molar-refractivity contribution in [2.75, 3.05) is 26.8 Å². The Morgan fingerprint density at radius 3 is 2.73 bits per heavy atom. The molecule has 0 spiro atoms. The summed E-state index contributed by atoms with van der Waals surface area (Å²) in [6, 6.07) is 9.04. The van der Waals surface area contributed by atoms with E-state index in [1.54, 1.807) is 13.1 Å². The van der Waals surface area contributed by atoms with Crippen LogP contribution in [0, 0.1) is 0 Å². The monoisotopic (exact) mass is 418 g/mol. The third-order valence-electron chi connectivity index (χ3n) is 4.88. The molecule has 0 heterocycles. The van der Waals surface area contributed by atoms with Crippen molar-refractivity contribution in [2.24, 2.45) is 0 Å². The maximum absolute atomic E-state index is 14.5. The van der Waals surface area contributed by atoms with Crippen LogP contribution in [0.5, 0.6) is 0 Å². The molecule has 164 valence electrons. The van der Waals surface area contributed by atoms with Crippen LogP contribution in [0.1, 0.15) is 31.7 Å². The Bertz CT molecular complexity index is 764. The van der Waals surface area contributed by atoms with Gasteiger partial charge in [-0.3, -0.25) is 9.59 Å². The van der Waals surface area contributed by atoms with Crippen LogP contribution in [0.2, 0.25) is 0 Å². The van der Waals surface area contributed by atoms with Crippen molar-refractivity contribution >= 4 is 11.8 Å². The maximum Gasteiger partial charge on any atom is 0.258 e. The molecule has 0 bridgehead atoms. The molecule has 2 N–H and O–H groups in total. The van der Waals surface area contributed by atoms with E-state index >= 15 is 0 Å². The van der Waals surface area contributed by atoms with E-state index in [1.165, 1.54) is 11.0 Å². The zero-order valence-corrected chi connectivity index (χ0v) is 17.6. The molecule has 30 heavy (non-hydrogen) atoms. The second-order valence-corrected chi connectivity index (χ2v) is 7.39. The molecule has 0 aliphatic heterocycles. The number of benzene rings is 1. The average Bonchev–Trinajstić information content (AvgIpc) is 2.75. The Balaban J connectivity index is 1.98. The molecule has 1 aromatic carbocycles. The summed E-state index contributed by atoms with van der Waals surface area (Å²) in [6.07, 6.45) is 3.99. The molecular formula is C23H31FN2O4. The summed E-state index contributed by atoms with van der Waals surface area (Å²) in [4.78, 5) is 26.5. The van der Waals surface area contributed by atoms with Crippen LogP contribution in [-0.2, 0) is 20.7 Å². The molecule has 1 aliphatic carbocycles. The van der Waals surface area contributed by atoms with Crippen LogP contribution in [0.3, 0.4) is 0 Å². The van der Waals surface area contributed by atoms with Gasteiger partial charge in [0.1, 0.15) is 11.9 Å². The fourth-order valence-corrected chi connectivity index (χ4v) is 3.20. The predicted octanol–water partition coefficient (Wildman–Crippen LogP) is 2.53. The second-order valence-electron chi connectivity index (χ2n) is 7.39. The first-order chi connectivity index (χ1) is 14.5. The summed E-state index contributed by atoms with van der Waals surface area (Å²) in [5.74, 6) is -0.785. The van der Waals surface area contributed by atoms with Gasteiger partial charge in [-0.1, -0.05) is 49.8 Å². The predicted molar refractivity (Wildman–Crippen MR) is 113 cm³/mol. The van der Waals surface area contributed by atoms with Crippen molar-refractivity contribution in [2.45, 2.75) is 44.8 Å². The number of unbranched alkanes of at least 4 members (excludes halogenated alkanes) is 1. The highest BCUT2D eigenvalue weighted by Gasteiger charge is 2.29. The molecule has 2 atom stereocenters. The van der Waals surface area contributed by atoms with Gasteiger partial charge in [0, 0.05) is 20.0 Å². The molecule has 1 aromatic rings. The zero-order chi connectivity index (χ0) is 21.9. The van der Waals surface area contributed by atoms with E-state index in [-0.39, 0.29) is 31.0 Å². The van der Waals surface area contributed by atoms with Gasteiger partial charge in [-0.15, -0.1) is 0 Å². The molecule has 0 saturated carbocycles. The lowest BCUT2D eigenvalue weighted by atomic mass is 10.00. The third-order valence-corrected chi connectivity index (χ3v) is 4.88. The van der Waals surface area contributed by atoms with Gasteiger partial charge in [0.05, 0.1) is 18.2 Å². The van der Waals surface area contributed by atoms with Gasteiger partial charge >= 0.3 is 0 Å². The Labute approximate surface area is 177 Å². The van der Waals surface area contributed by atoms with E-state index in [1.807, 2.05) is 37.3 Å². The van der Waals surface area contributed by atoms with Gasteiger partial charge in [0.25, 0.3) is 11.8 Å². The van der Waals surface area contributed by atoms with E-state index < -0.39 is 24.0 Å². The summed E-state index contributed by atoms with van der Waals surface area (Å²) in [5, 5.41) is 12.3. The van der Waals surface area contributed by atoms with Crippen LogP contribution in [0.15, 0.2) is 53.8 Å². The summed E-state index contributed by atoms with van der Waals surface area (Å²) in [7, 11) is 1.63. The fourth-order valence-electron chi connectivity index (χ4n) is 3.20. The number of amides is 2. The number of nitrogens with zero attached hydrogens (tertiary/aromatic N) is 1. The Morgan fingerprint density at radius 1 is 1.33 bits per heavy atom. The molecule has 6 nitrogen and oxygen atoms in total. The van der Waals surface area contributed by atoms with Crippen LogP contribution in [-0.4, -0.2) is 60.8 Å². The van der Waals surface area contributed by atoms with Gasteiger partial charge in [0.15, 0.2) is 6.61 Å². The fraction of sp³-hybridized carbons (Fsp3) is 0.478. The molecule has 1 unspecified atom stereocenters. The summed E-state index contributed by atoms with van der Waals surface area (Å²) in [5.41, 5.74) is 0.936. The quantitative estimate of drug-likeness (QED) is 0.579. The van der Waals surface area contributed by atoms with Crippen LogP contribution in [0.4, 0.5) is 4.39 Å². The van der Waals surface area contributed by atoms with Crippen LogP contribution in [0.25, 0.3) is 0 Å². The first-order valence-electron chi connectivity index (χ1n) is 10.3. The number of rotatable bonds is 11. The van der Waals surface area contributed by atoms with Gasteiger partial charge in [-0.05, 0) is 24.5 Å². The number of hydrogen-bond acceptors (Lipinski definition) is 4.